The van der Waals surface area contributed by atoms with Crippen molar-refractivity contribution >= 4 is 34.9 Å². The Labute approximate surface area is 193 Å². The predicted octanol–water partition coefficient (Wildman–Crippen LogP) is 4.55. The molecule has 0 aliphatic heterocycles. The fourth-order valence-electron chi connectivity index (χ4n) is 3.43. The smallest absolute Gasteiger partial charge is 0.251 e. The molecule has 0 aliphatic rings. The van der Waals surface area contributed by atoms with E-state index in [9.17, 15) is 14.4 Å². The molecule has 1 N–H and O–H groups in total. The third kappa shape index (κ3) is 6.53. The first kappa shape index (κ1) is 23.2. The topological polar surface area (TPSA) is 66.5 Å². The fraction of sp³-hybridized carbons (Fsp3) is 0.192. The Balaban J connectivity index is 1.69. The first-order chi connectivity index (χ1) is 15.4. The van der Waals surface area contributed by atoms with Crippen molar-refractivity contribution in [2.75, 3.05) is 18.5 Å². The molecular formula is C26H25ClN2O3. The summed E-state index contributed by atoms with van der Waals surface area (Å²) < 4.78 is 0. The maximum absolute atomic E-state index is 13.3. The minimum absolute atomic E-state index is 0.0285. The molecule has 3 rings (SSSR count). The van der Waals surface area contributed by atoms with E-state index in [0.29, 0.717) is 22.7 Å². The van der Waals surface area contributed by atoms with Gasteiger partial charge in [-0.1, -0.05) is 60.1 Å². The minimum atomic E-state index is -0.556. The highest BCUT2D eigenvalue weighted by molar-refractivity contribution is 6.30. The SMILES string of the molecule is CN(C(=O)[C@@H](CC(=O)CNC(=O)c1ccccc1)Cc1ccccc1)c1ccc(Cl)cc1. The second-order valence-corrected chi connectivity index (χ2v) is 7.99. The summed E-state index contributed by atoms with van der Waals surface area (Å²) in [5.74, 6) is -1.24. The van der Waals surface area contributed by atoms with Crippen molar-refractivity contribution in [3.63, 3.8) is 0 Å². The van der Waals surface area contributed by atoms with E-state index in [1.54, 1.807) is 60.5 Å². The number of anilines is 1. The van der Waals surface area contributed by atoms with Crippen molar-refractivity contribution < 1.29 is 14.4 Å². The van der Waals surface area contributed by atoms with Crippen LogP contribution in [-0.2, 0) is 16.0 Å². The van der Waals surface area contributed by atoms with Gasteiger partial charge in [0.2, 0.25) is 5.91 Å². The fourth-order valence-corrected chi connectivity index (χ4v) is 3.55. The number of benzene rings is 3. The van der Waals surface area contributed by atoms with Gasteiger partial charge >= 0.3 is 0 Å². The van der Waals surface area contributed by atoms with E-state index in [1.165, 1.54) is 0 Å². The molecule has 0 saturated heterocycles. The van der Waals surface area contributed by atoms with Gasteiger partial charge in [0.1, 0.15) is 0 Å². The maximum atomic E-state index is 13.3. The zero-order valence-electron chi connectivity index (χ0n) is 17.8. The molecule has 0 heterocycles. The van der Waals surface area contributed by atoms with Gasteiger partial charge in [0.25, 0.3) is 5.91 Å². The molecule has 0 aliphatic carbocycles. The van der Waals surface area contributed by atoms with E-state index in [2.05, 4.69) is 5.32 Å². The molecule has 3 aromatic carbocycles. The maximum Gasteiger partial charge on any atom is 0.251 e. The summed E-state index contributed by atoms with van der Waals surface area (Å²) in [6.45, 7) is -0.128. The summed E-state index contributed by atoms with van der Waals surface area (Å²) in [6.07, 6.45) is 0.455. The standard InChI is InChI=1S/C26H25ClN2O3/c1-29(23-14-12-22(27)13-15-23)26(32)21(16-19-8-4-2-5-9-19)17-24(30)18-28-25(31)20-10-6-3-7-11-20/h2-15,21H,16-18H2,1H3,(H,28,31)/t21-/m1/s1. The number of nitrogens with zero attached hydrogens (tertiary/aromatic N) is 1. The zero-order chi connectivity index (χ0) is 22.9. The normalized spacial score (nSPS) is 11.4. The Morgan fingerprint density at radius 3 is 2.09 bits per heavy atom. The highest BCUT2D eigenvalue weighted by Crippen LogP contribution is 2.22. The lowest BCUT2D eigenvalue weighted by atomic mass is 9.92. The van der Waals surface area contributed by atoms with Crippen LogP contribution in [0.5, 0.6) is 0 Å². The number of carbonyl (C=O) groups is 3. The highest BCUT2D eigenvalue weighted by Gasteiger charge is 2.26. The largest absolute Gasteiger partial charge is 0.345 e. The second kappa shape index (κ2) is 11.3. The summed E-state index contributed by atoms with van der Waals surface area (Å²) in [6, 6.07) is 25.3. The predicted molar refractivity (Wildman–Crippen MR) is 127 cm³/mol. The third-order valence-corrected chi connectivity index (χ3v) is 5.43. The van der Waals surface area contributed by atoms with Gasteiger partial charge < -0.3 is 10.2 Å². The van der Waals surface area contributed by atoms with Gasteiger partial charge in [0.05, 0.1) is 6.54 Å². The van der Waals surface area contributed by atoms with Crippen LogP contribution in [0.2, 0.25) is 5.02 Å². The van der Waals surface area contributed by atoms with Crippen molar-refractivity contribution in [1.82, 2.24) is 5.32 Å². The number of nitrogens with one attached hydrogen (secondary N) is 1. The van der Waals surface area contributed by atoms with Crippen LogP contribution in [0.1, 0.15) is 22.3 Å². The Bertz CT molecular complexity index is 1050. The molecule has 164 valence electrons. The molecule has 1 atom stereocenters. The van der Waals surface area contributed by atoms with Gasteiger partial charge in [-0.3, -0.25) is 14.4 Å². The van der Waals surface area contributed by atoms with Crippen LogP contribution in [0.25, 0.3) is 0 Å². The van der Waals surface area contributed by atoms with Crippen LogP contribution in [0, 0.1) is 5.92 Å². The van der Waals surface area contributed by atoms with Gasteiger partial charge in [-0.05, 0) is 48.4 Å². The van der Waals surface area contributed by atoms with E-state index in [1.807, 2.05) is 36.4 Å². The van der Waals surface area contributed by atoms with Gasteiger partial charge in [-0.15, -0.1) is 0 Å². The lowest BCUT2D eigenvalue weighted by molar-refractivity contribution is -0.127. The summed E-state index contributed by atoms with van der Waals surface area (Å²) in [4.78, 5) is 39.7. The number of hydrogen-bond donors (Lipinski definition) is 1. The number of amides is 2. The Kier molecular flexibility index (Phi) is 8.17. The molecule has 3 aromatic rings. The average molecular weight is 449 g/mol. The van der Waals surface area contributed by atoms with Gasteiger partial charge in [-0.2, -0.15) is 0 Å². The first-order valence-corrected chi connectivity index (χ1v) is 10.7. The molecule has 0 saturated carbocycles. The van der Waals surface area contributed by atoms with Crippen molar-refractivity contribution in [3.8, 4) is 0 Å². The lowest BCUT2D eigenvalue weighted by Crippen LogP contribution is -2.37. The number of hydrogen-bond acceptors (Lipinski definition) is 3. The van der Waals surface area contributed by atoms with Crippen LogP contribution >= 0.6 is 11.6 Å². The molecule has 5 nitrogen and oxygen atoms in total. The number of ketones is 1. The Morgan fingerprint density at radius 2 is 1.47 bits per heavy atom. The van der Waals surface area contributed by atoms with Gasteiger partial charge in [-0.25, -0.2) is 0 Å². The second-order valence-electron chi connectivity index (χ2n) is 7.55. The van der Waals surface area contributed by atoms with Crippen LogP contribution in [-0.4, -0.2) is 31.2 Å². The summed E-state index contributed by atoms with van der Waals surface area (Å²) in [5, 5.41) is 3.23. The monoisotopic (exact) mass is 448 g/mol. The van der Waals surface area contributed by atoms with E-state index < -0.39 is 5.92 Å². The Morgan fingerprint density at radius 1 is 0.875 bits per heavy atom. The van der Waals surface area contributed by atoms with Crippen molar-refractivity contribution in [1.29, 1.82) is 0 Å². The Hall–Kier alpha value is -3.44. The minimum Gasteiger partial charge on any atom is -0.345 e. The molecule has 0 unspecified atom stereocenters. The molecule has 0 aromatic heterocycles. The summed E-state index contributed by atoms with van der Waals surface area (Å²) in [5.41, 5.74) is 2.15. The van der Waals surface area contributed by atoms with E-state index in [0.717, 1.165) is 5.56 Å². The summed E-state index contributed by atoms with van der Waals surface area (Å²) >= 11 is 5.96. The van der Waals surface area contributed by atoms with Crippen molar-refractivity contribution in [2.24, 2.45) is 5.92 Å². The molecule has 0 spiro atoms. The molecule has 0 fully saturated rings. The molecule has 2 amide bonds. The van der Waals surface area contributed by atoms with E-state index in [-0.39, 0.29) is 30.6 Å². The van der Waals surface area contributed by atoms with Gasteiger partial charge in [0.15, 0.2) is 5.78 Å². The van der Waals surface area contributed by atoms with Crippen LogP contribution in [0.4, 0.5) is 5.69 Å². The van der Waals surface area contributed by atoms with Crippen LogP contribution < -0.4 is 10.2 Å². The van der Waals surface area contributed by atoms with Crippen molar-refractivity contribution in [3.05, 3.63) is 101 Å². The number of halogens is 1. The van der Waals surface area contributed by atoms with Crippen LogP contribution in [0.3, 0.4) is 0 Å². The molecular weight excluding hydrogens is 424 g/mol. The zero-order valence-corrected chi connectivity index (χ0v) is 18.6. The van der Waals surface area contributed by atoms with Gasteiger partial charge in [0, 0.05) is 35.7 Å². The van der Waals surface area contributed by atoms with E-state index in [4.69, 9.17) is 11.6 Å². The quantitative estimate of drug-likeness (QED) is 0.522. The number of carbonyl (C=O) groups excluding carboxylic acids is 3. The number of rotatable bonds is 9. The molecule has 0 radical (unpaired) electrons. The average Bonchev–Trinajstić information content (AvgIpc) is 2.83. The van der Waals surface area contributed by atoms with Crippen LogP contribution in [0.15, 0.2) is 84.9 Å². The number of Topliss-reactive ketones (excluding diaryl/α,β-unsaturated/α-hetero) is 1. The molecule has 32 heavy (non-hydrogen) atoms. The molecule has 0 bridgehead atoms. The van der Waals surface area contributed by atoms with Crippen molar-refractivity contribution in [2.45, 2.75) is 12.8 Å². The van der Waals surface area contributed by atoms with E-state index >= 15 is 0 Å². The highest BCUT2D eigenvalue weighted by atomic mass is 35.5. The first-order valence-electron chi connectivity index (χ1n) is 10.4. The molecule has 6 heteroatoms. The lowest BCUT2D eigenvalue weighted by Gasteiger charge is -2.24. The summed E-state index contributed by atoms with van der Waals surface area (Å²) in [7, 11) is 1.69. The third-order valence-electron chi connectivity index (χ3n) is 5.17.